The lowest BCUT2D eigenvalue weighted by molar-refractivity contribution is 0.0168. The van der Waals surface area contributed by atoms with Crippen LogP contribution in [0.5, 0.6) is 0 Å². The Morgan fingerprint density at radius 1 is 1.15 bits per heavy atom. The Morgan fingerprint density at radius 2 is 1.85 bits per heavy atom. The van der Waals surface area contributed by atoms with E-state index in [2.05, 4.69) is 25.7 Å². The van der Waals surface area contributed by atoms with Gasteiger partial charge >= 0.3 is 0 Å². The summed E-state index contributed by atoms with van der Waals surface area (Å²) < 4.78 is 5.75. The average Bonchev–Trinajstić information content (AvgIpc) is 2.51. The van der Waals surface area contributed by atoms with Gasteiger partial charge in [-0.2, -0.15) is 0 Å². The topological polar surface area (TPSA) is 38.5 Å². The summed E-state index contributed by atoms with van der Waals surface area (Å²) in [4.78, 5) is 2.59. The van der Waals surface area contributed by atoms with Crippen molar-refractivity contribution in [3.63, 3.8) is 0 Å². The summed E-state index contributed by atoms with van der Waals surface area (Å²) in [6, 6.07) is 0. The Bertz CT molecular complexity index is 237. The second kappa shape index (κ2) is 9.75. The normalized spacial score (nSPS) is 27.1. The lowest BCUT2D eigenvalue weighted by Gasteiger charge is -2.47. The van der Waals surface area contributed by atoms with Crippen LogP contribution in [-0.4, -0.2) is 43.3 Å². The summed E-state index contributed by atoms with van der Waals surface area (Å²) in [6.07, 6.45) is 8.94. The number of likely N-dealkylation sites (N-methyl/N-ethyl adjacent to an activating group) is 1. The van der Waals surface area contributed by atoms with Gasteiger partial charge in [-0.1, -0.05) is 33.6 Å². The van der Waals surface area contributed by atoms with E-state index in [1.807, 2.05) is 0 Å². The molecule has 3 heteroatoms. The van der Waals surface area contributed by atoms with Crippen LogP contribution < -0.4 is 5.73 Å². The minimum absolute atomic E-state index is 0.245. The minimum atomic E-state index is 0.245. The molecule has 1 aliphatic rings. The summed E-state index contributed by atoms with van der Waals surface area (Å²) >= 11 is 0. The Hall–Kier alpha value is -0.120. The third-order valence-electron chi connectivity index (χ3n) is 5.19. The SMILES string of the molecule is CCCCOCCN(CC)C1(CN)CCC(CC)CC1. The second-order valence-electron chi connectivity index (χ2n) is 6.33. The lowest BCUT2D eigenvalue weighted by Crippen LogP contribution is -2.56. The van der Waals surface area contributed by atoms with Crippen molar-refractivity contribution in [2.24, 2.45) is 11.7 Å². The summed E-state index contributed by atoms with van der Waals surface area (Å²) in [6.45, 7) is 11.5. The van der Waals surface area contributed by atoms with Gasteiger partial charge in [-0.25, -0.2) is 0 Å². The number of nitrogens with two attached hydrogens (primary N) is 1. The van der Waals surface area contributed by atoms with E-state index in [4.69, 9.17) is 10.5 Å². The van der Waals surface area contributed by atoms with Crippen molar-refractivity contribution in [1.29, 1.82) is 0 Å². The van der Waals surface area contributed by atoms with E-state index in [1.165, 1.54) is 44.9 Å². The number of unbranched alkanes of at least 4 members (excludes halogenated alkanes) is 1. The largest absolute Gasteiger partial charge is 0.380 e. The molecule has 0 spiro atoms. The fourth-order valence-corrected chi connectivity index (χ4v) is 3.53. The molecule has 1 fully saturated rings. The maximum atomic E-state index is 6.17. The molecule has 0 aromatic heterocycles. The Labute approximate surface area is 126 Å². The van der Waals surface area contributed by atoms with Crippen LogP contribution in [-0.2, 0) is 4.74 Å². The minimum Gasteiger partial charge on any atom is -0.380 e. The van der Waals surface area contributed by atoms with Gasteiger partial charge in [0.05, 0.1) is 6.61 Å². The highest BCUT2D eigenvalue weighted by Gasteiger charge is 2.37. The average molecular weight is 284 g/mol. The molecule has 1 rings (SSSR count). The summed E-state index contributed by atoms with van der Waals surface area (Å²) in [7, 11) is 0. The molecule has 1 aliphatic carbocycles. The van der Waals surface area contributed by atoms with Crippen molar-refractivity contribution < 1.29 is 4.74 Å². The molecule has 0 aromatic rings. The van der Waals surface area contributed by atoms with Crippen molar-refractivity contribution in [2.75, 3.05) is 32.8 Å². The van der Waals surface area contributed by atoms with Crippen LogP contribution in [0.2, 0.25) is 0 Å². The molecule has 2 N–H and O–H groups in total. The molecule has 0 amide bonds. The molecule has 20 heavy (non-hydrogen) atoms. The molecular weight excluding hydrogens is 248 g/mol. The second-order valence-corrected chi connectivity index (χ2v) is 6.33. The van der Waals surface area contributed by atoms with Crippen LogP contribution >= 0.6 is 0 Å². The van der Waals surface area contributed by atoms with Gasteiger partial charge in [-0.15, -0.1) is 0 Å². The van der Waals surface area contributed by atoms with Crippen LogP contribution in [0.1, 0.15) is 65.7 Å². The van der Waals surface area contributed by atoms with Crippen LogP contribution in [0, 0.1) is 5.92 Å². The van der Waals surface area contributed by atoms with Crippen molar-refractivity contribution >= 4 is 0 Å². The summed E-state index contributed by atoms with van der Waals surface area (Å²) in [5.41, 5.74) is 6.42. The maximum Gasteiger partial charge on any atom is 0.0593 e. The highest BCUT2D eigenvalue weighted by atomic mass is 16.5. The summed E-state index contributed by atoms with van der Waals surface area (Å²) in [5, 5.41) is 0. The number of rotatable bonds is 10. The van der Waals surface area contributed by atoms with Gasteiger partial charge in [-0.05, 0) is 44.6 Å². The van der Waals surface area contributed by atoms with E-state index < -0.39 is 0 Å². The molecule has 0 radical (unpaired) electrons. The molecule has 0 saturated heterocycles. The smallest absolute Gasteiger partial charge is 0.0593 e. The first-order valence-corrected chi connectivity index (χ1v) is 8.75. The zero-order chi connectivity index (χ0) is 14.8. The lowest BCUT2D eigenvalue weighted by atomic mass is 9.74. The quantitative estimate of drug-likeness (QED) is 0.625. The Kier molecular flexibility index (Phi) is 8.74. The number of ether oxygens (including phenoxy) is 1. The molecule has 0 unspecified atom stereocenters. The molecule has 1 saturated carbocycles. The third kappa shape index (κ3) is 5.01. The summed E-state index contributed by atoms with van der Waals surface area (Å²) in [5.74, 6) is 0.925. The van der Waals surface area contributed by atoms with Gasteiger partial charge in [0.2, 0.25) is 0 Å². The highest BCUT2D eigenvalue weighted by molar-refractivity contribution is 4.95. The van der Waals surface area contributed by atoms with Crippen molar-refractivity contribution in [2.45, 2.75) is 71.3 Å². The maximum absolute atomic E-state index is 6.17. The molecule has 0 aromatic carbocycles. The van der Waals surface area contributed by atoms with Gasteiger partial charge < -0.3 is 10.5 Å². The number of hydrogen-bond donors (Lipinski definition) is 1. The predicted molar refractivity (Wildman–Crippen MR) is 87.0 cm³/mol. The molecule has 0 aliphatic heterocycles. The van der Waals surface area contributed by atoms with Crippen molar-refractivity contribution in [3.05, 3.63) is 0 Å². The van der Waals surface area contributed by atoms with E-state index in [0.717, 1.165) is 38.8 Å². The van der Waals surface area contributed by atoms with Gasteiger partial charge in [0, 0.05) is 25.2 Å². The Balaban J connectivity index is 2.43. The van der Waals surface area contributed by atoms with E-state index in [1.54, 1.807) is 0 Å². The van der Waals surface area contributed by atoms with E-state index in [-0.39, 0.29) is 5.54 Å². The van der Waals surface area contributed by atoms with Crippen molar-refractivity contribution in [1.82, 2.24) is 4.90 Å². The first-order chi connectivity index (χ1) is 9.72. The van der Waals surface area contributed by atoms with E-state index in [9.17, 15) is 0 Å². The molecule has 0 bridgehead atoms. The number of nitrogens with zero attached hydrogens (tertiary/aromatic N) is 1. The first kappa shape index (κ1) is 17.9. The van der Waals surface area contributed by atoms with Gasteiger partial charge in [-0.3, -0.25) is 4.90 Å². The van der Waals surface area contributed by atoms with E-state index >= 15 is 0 Å². The standard InChI is InChI=1S/C17H36N2O/c1-4-7-13-20-14-12-19(6-3)17(15-18)10-8-16(5-2)9-11-17/h16H,4-15,18H2,1-3H3. The van der Waals surface area contributed by atoms with Crippen LogP contribution in [0.3, 0.4) is 0 Å². The fourth-order valence-electron chi connectivity index (χ4n) is 3.53. The Morgan fingerprint density at radius 3 is 2.35 bits per heavy atom. The van der Waals surface area contributed by atoms with Crippen LogP contribution in [0.15, 0.2) is 0 Å². The van der Waals surface area contributed by atoms with Crippen LogP contribution in [0.4, 0.5) is 0 Å². The zero-order valence-electron chi connectivity index (χ0n) is 14.0. The molecule has 120 valence electrons. The fraction of sp³-hybridized carbons (Fsp3) is 1.00. The molecule has 0 heterocycles. The highest BCUT2D eigenvalue weighted by Crippen LogP contribution is 2.37. The zero-order valence-corrected chi connectivity index (χ0v) is 14.0. The molecule has 0 atom stereocenters. The van der Waals surface area contributed by atoms with Crippen molar-refractivity contribution in [3.8, 4) is 0 Å². The van der Waals surface area contributed by atoms with Crippen LogP contribution in [0.25, 0.3) is 0 Å². The van der Waals surface area contributed by atoms with Gasteiger partial charge in [0.1, 0.15) is 0 Å². The third-order valence-corrected chi connectivity index (χ3v) is 5.19. The predicted octanol–water partition coefficient (Wildman–Crippen LogP) is 3.42. The van der Waals surface area contributed by atoms with Gasteiger partial charge in [0.15, 0.2) is 0 Å². The molecule has 3 nitrogen and oxygen atoms in total. The number of hydrogen-bond acceptors (Lipinski definition) is 3. The van der Waals surface area contributed by atoms with Gasteiger partial charge in [0.25, 0.3) is 0 Å². The van der Waals surface area contributed by atoms with E-state index in [0.29, 0.717) is 0 Å². The monoisotopic (exact) mass is 284 g/mol. The molecular formula is C17H36N2O. The first-order valence-electron chi connectivity index (χ1n) is 8.75.